The number of alkyl halides is 3. The number of nitriles is 1. The molecule has 0 unspecified atom stereocenters. The Morgan fingerprint density at radius 3 is 2.53 bits per heavy atom. The van der Waals surface area contributed by atoms with Crippen LogP contribution in [-0.4, -0.2) is 88.3 Å². The van der Waals surface area contributed by atoms with Crippen LogP contribution in [-0.2, 0) is 24.3 Å². The van der Waals surface area contributed by atoms with Gasteiger partial charge in [0.25, 0.3) is 0 Å². The molecule has 2 saturated heterocycles. The first-order valence-electron chi connectivity index (χ1n) is 15.7. The van der Waals surface area contributed by atoms with E-state index in [0.29, 0.717) is 21.7 Å². The summed E-state index contributed by atoms with van der Waals surface area (Å²) in [6.07, 6.45) is -0.899. The van der Waals surface area contributed by atoms with Crippen LogP contribution < -0.4 is 16.4 Å². The fourth-order valence-electron chi connectivity index (χ4n) is 6.18. The van der Waals surface area contributed by atoms with Gasteiger partial charge in [-0.3, -0.25) is 14.6 Å². The highest BCUT2D eigenvalue weighted by atomic mass is 32.1. The fraction of sp³-hybridized carbons (Fsp3) is 0.455. The molecule has 0 saturated carbocycles. The molecule has 10 nitrogen and oxygen atoms in total. The number of aromatic nitrogens is 3. The zero-order chi connectivity index (χ0) is 33.6. The summed E-state index contributed by atoms with van der Waals surface area (Å²) in [4.78, 5) is 23.7. The van der Waals surface area contributed by atoms with Crippen LogP contribution in [0.15, 0.2) is 43.2 Å². The normalized spacial score (nSPS) is 16.5. The largest absolute Gasteiger partial charge is 0.393 e. The molecular formula is C33H40F3N9OS. The third-order valence-corrected chi connectivity index (χ3v) is 9.75. The fourth-order valence-corrected chi connectivity index (χ4v) is 7.20. The molecule has 2 aliphatic heterocycles. The van der Waals surface area contributed by atoms with Crippen molar-refractivity contribution in [2.24, 2.45) is 5.73 Å². The predicted octanol–water partition coefficient (Wildman–Crippen LogP) is 4.57. The topological polar surface area (TPSA) is 128 Å². The van der Waals surface area contributed by atoms with Crippen LogP contribution in [0.4, 0.5) is 19.0 Å². The highest BCUT2D eigenvalue weighted by molar-refractivity contribution is 7.18. The quantitative estimate of drug-likeness (QED) is 0.222. The van der Waals surface area contributed by atoms with E-state index in [0.717, 1.165) is 100 Å². The minimum atomic E-state index is -4.25. The molecule has 250 valence electrons. The van der Waals surface area contributed by atoms with E-state index in [4.69, 9.17) is 0 Å². The number of benzene rings is 1. The lowest BCUT2D eigenvalue weighted by Gasteiger charge is -2.33. The summed E-state index contributed by atoms with van der Waals surface area (Å²) in [7, 11) is 0. The van der Waals surface area contributed by atoms with Crippen molar-refractivity contribution in [3.63, 3.8) is 0 Å². The van der Waals surface area contributed by atoms with Crippen molar-refractivity contribution in [2.45, 2.75) is 51.5 Å². The average molecular weight is 668 g/mol. The number of aryl methyl sites for hydroxylation is 1. The maximum atomic E-state index is 12.9. The van der Waals surface area contributed by atoms with Crippen LogP contribution in [0.3, 0.4) is 0 Å². The Morgan fingerprint density at radius 1 is 1.15 bits per heavy atom. The minimum Gasteiger partial charge on any atom is -0.367 e. The summed E-state index contributed by atoms with van der Waals surface area (Å²) in [5.41, 5.74) is 8.86. The number of amides is 1. The molecule has 2 fully saturated rings. The van der Waals surface area contributed by atoms with E-state index in [9.17, 15) is 23.2 Å². The summed E-state index contributed by atoms with van der Waals surface area (Å²) in [6.45, 7) is 13.7. The molecule has 5 heterocycles. The number of nitrogens with one attached hydrogen (secondary N) is 2. The average Bonchev–Trinajstić information content (AvgIpc) is 3.63. The number of rotatable bonds is 9. The Labute approximate surface area is 276 Å². The van der Waals surface area contributed by atoms with Gasteiger partial charge in [0.1, 0.15) is 28.7 Å². The first kappa shape index (κ1) is 34.3. The Balaban J connectivity index is 0.000000807. The van der Waals surface area contributed by atoms with Gasteiger partial charge in [-0.2, -0.15) is 18.4 Å². The number of nitrogens with two attached hydrogens (primary N) is 1. The van der Waals surface area contributed by atoms with Gasteiger partial charge in [0, 0.05) is 80.7 Å². The number of primary amides is 1. The third kappa shape index (κ3) is 8.86. The molecule has 2 aliphatic rings. The first-order chi connectivity index (χ1) is 22.5. The monoisotopic (exact) mass is 667 g/mol. The van der Waals surface area contributed by atoms with Crippen LogP contribution in [0.1, 0.15) is 34.5 Å². The molecule has 0 bridgehead atoms. The second-order valence-electron chi connectivity index (χ2n) is 11.9. The summed E-state index contributed by atoms with van der Waals surface area (Å²) in [5.74, 6) is 0.129. The van der Waals surface area contributed by atoms with Crippen molar-refractivity contribution < 1.29 is 18.0 Å². The minimum absolute atomic E-state index is 0.191. The number of halogens is 3. The number of carbonyl (C=O) groups is 1. The number of hydrogen-bond acceptors (Lipinski definition) is 9. The molecule has 0 spiro atoms. The maximum absolute atomic E-state index is 12.9. The number of nitrogens with zero attached hydrogens (tertiary/aromatic N) is 6. The summed E-state index contributed by atoms with van der Waals surface area (Å²) >= 11 is 1.07. The van der Waals surface area contributed by atoms with E-state index in [1.165, 1.54) is 17.5 Å². The first-order valence-corrected chi connectivity index (χ1v) is 16.5. The van der Waals surface area contributed by atoms with Gasteiger partial charge in [0.15, 0.2) is 0 Å². The molecular weight excluding hydrogens is 627 g/mol. The highest BCUT2D eigenvalue weighted by Gasteiger charge is 2.29. The summed E-state index contributed by atoms with van der Waals surface area (Å²) in [6, 6.07) is 10.6. The van der Waals surface area contributed by atoms with Gasteiger partial charge < -0.3 is 20.9 Å². The molecule has 0 radical (unpaired) electrons. The van der Waals surface area contributed by atoms with Crippen molar-refractivity contribution in [3.05, 3.63) is 64.9 Å². The van der Waals surface area contributed by atoms with Crippen LogP contribution >= 0.6 is 11.3 Å². The number of hydrogen-bond donors (Lipinski definition) is 3. The van der Waals surface area contributed by atoms with E-state index < -0.39 is 18.5 Å². The van der Waals surface area contributed by atoms with Gasteiger partial charge >= 0.3 is 6.18 Å². The number of carbonyl (C=O) groups excluding carboxylic acids is 1. The van der Waals surface area contributed by atoms with Gasteiger partial charge in [-0.15, -0.1) is 11.3 Å². The molecule has 1 aromatic carbocycles. The molecule has 6 rings (SSSR count). The Morgan fingerprint density at radius 2 is 1.87 bits per heavy atom. The van der Waals surface area contributed by atoms with Crippen molar-refractivity contribution in [2.75, 3.05) is 51.1 Å². The molecule has 4 N–H and O–H groups in total. The SMILES string of the molecule is C=CC(N)=O.Cc1c(CN2CCC(Nc3ncnc4sc(CC(F)(F)F)cc34)CC2)ccc2c1cc(C#N)n2CCN1CCNCC1. The Hall–Kier alpha value is -4.03. The van der Waals surface area contributed by atoms with Crippen molar-refractivity contribution in [1.82, 2.24) is 29.7 Å². The van der Waals surface area contributed by atoms with E-state index in [-0.39, 0.29) is 10.9 Å². The zero-order valence-corrected chi connectivity index (χ0v) is 27.3. The van der Waals surface area contributed by atoms with Crippen molar-refractivity contribution in [3.8, 4) is 6.07 Å². The lowest BCUT2D eigenvalue weighted by Crippen LogP contribution is -2.44. The number of anilines is 1. The van der Waals surface area contributed by atoms with Crippen molar-refractivity contribution >= 4 is 44.2 Å². The number of fused-ring (bicyclic) bond motifs is 2. The maximum Gasteiger partial charge on any atom is 0.393 e. The second kappa shape index (κ2) is 15.2. The van der Waals surface area contributed by atoms with Gasteiger partial charge in [-0.1, -0.05) is 12.6 Å². The van der Waals surface area contributed by atoms with E-state index in [1.807, 2.05) is 6.07 Å². The molecule has 47 heavy (non-hydrogen) atoms. The zero-order valence-electron chi connectivity index (χ0n) is 26.4. The Bertz CT molecular complexity index is 1750. The molecule has 0 aliphatic carbocycles. The highest BCUT2D eigenvalue weighted by Crippen LogP contribution is 2.33. The van der Waals surface area contributed by atoms with Crippen LogP contribution in [0.25, 0.3) is 21.1 Å². The van der Waals surface area contributed by atoms with E-state index >= 15 is 0 Å². The van der Waals surface area contributed by atoms with Gasteiger partial charge in [0.05, 0.1) is 11.8 Å². The predicted molar refractivity (Wildman–Crippen MR) is 179 cm³/mol. The molecule has 4 aromatic rings. The lowest BCUT2D eigenvalue weighted by atomic mass is 10.0. The molecule has 14 heteroatoms. The van der Waals surface area contributed by atoms with Crippen LogP contribution in [0.2, 0.25) is 0 Å². The lowest BCUT2D eigenvalue weighted by molar-refractivity contribution is -0.126. The standard InChI is InChI=1S/C30H35F3N8S.C3H5NO/c1-20-21(2-3-27-25(20)14-23(17-34)41(27)13-12-39-10-6-35-7-11-39)18-40-8-4-22(5-9-40)38-28-26-15-24(16-30(31,32)33)42-29(26)37-19-36-28;1-2-3(4)5/h2-3,14-15,19,22,35H,4-13,16,18H2,1H3,(H,36,37,38);2H,1H2,(H2,4,5). The third-order valence-electron chi connectivity index (χ3n) is 8.71. The van der Waals surface area contributed by atoms with Crippen LogP contribution in [0, 0.1) is 18.3 Å². The molecule has 1 amide bonds. The smallest absolute Gasteiger partial charge is 0.367 e. The molecule has 0 atom stereocenters. The number of piperidine rings is 1. The molecule has 3 aromatic heterocycles. The Kier molecular flexibility index (Phi) is 11.1. The van der Waals surface area contributed by atoms with Crippen LogP contribution in [0.5, 0.6) is 0 Å². The van der Waals surface area contributed by atoms with Gasteiger partial charge in [0.2, 0.25) is 5.91 Å². The second-order valence-corrected chi connectivity index (χ2v) is 13.0. The van der Waals surface area contributed by atoms with Gasteiger partial charge in [-0.25, -0.2) is 9.97 Å². The van der Waals surface area contributed by atoms with Crippen molar-refractivity contribution in [1.29, 1.82) is 5.26 Å². The van der Waals surface area contributed by atoms with Gasteiger partial charge in [-0.05, 0) is 55.2 Å². The number of piperazine rings is 1. The van der Waals surface area contributed by atoms with E-state index in [1.54, 1.807) is 6.07 Å². The number of likely N-dealkylation sites (tertiary alicyclic amines) is 1. The van der Waals surface area contributed by atoms with E-state index in [2.05, 4.69) is 72.4 Å². The number of thiophene rings is 1. The summed E-state index contributed by atoms with van der Waals surface area (Å²) in [5, 5.41) is 18.5. The summed E-state index contributed by atoms with van der Waals surface area (Å²) < 4.78 is 40.9.